The fraction of sp³-hybridized carbons (Fsp3) is 0.317. The van der Waals surface area contributed by atoms with Gasteiger partial charge in [0.25, 0.3) is 0 Å². The van der Waals surface area contributed by atoms with Crippen molar-refractivity contribution < 1.29 is 28.6 Å². The molecule has 1 aliphatic carbocycles. The molecule has 0 N–H and O–H groups in total. The van der Waals surface area contributed by atoms with Gasteiger partial charge in [0, 0.05) is 26.2 Å². The molecule has 0 saturated heterocycles. The summed E-state index contributed by atoms with van der Waals surface area (Å²) >= 11 is 0. The third kappa shape index (κ3) is 8.50. The molecule has 258 valence electrons. The summed E-state index contributed by atoms with van der Waals surface area (Å²) in [6.45, 7) is 5.34. The number of rotatable bonds is 15. The van der Waals surface area contributed by atoms with Crippen molar-refractivity contribution in [1.82, 2.24) is 9.80 Å². The number of methoxy groups -OCH3 is 1. The van der Waals surface area contributed by atoms with E-state index in [0.717, 1.165) is 22.6 Å². The van der Waals surface area contributed by atoms with Gasteiger partial charge < -0.3 is 24.0 Å². The molecule has 1 aliphatic rings. The van der Waals surface area contributed by atoms with Gasteiger partial charge in [0.2, 0.25) is 11.8 Å². The standard InChI is InChI=1S/C41H43N3O6/c1-4-24-43(27-29-16-20-33(21-17-29)49-31-12-8-6-9-13-31)39(45)36-35(26-42)37(41(47)48-3)38(36)40(46)44(25-5-2)28-30-18-22-34(23-19-30)50-32-14-10-7-11-15-32/h6-23,35-38H,4-5,24-25,27-28H2,1-3H3/t35-,36+,37+,38-/m1/s1. The smallest absolute Gasteiger partial charge is 0.310 e. The lowest BCUT2D eigenvalue weighted by Gasteiger charge is -2.48. The maximum Gasteiger partial charge on any atom is 0.310 e. The number of esters is 1. The first-order valence-electron chi connectivity index (χ1n) is 17.1. The molecular weight excluding hydrogens is 630 g/mol. The number of hydrogen-bond donors (Lipinski definition) is 0. The molecule has 0 aliphatic heterocycles. The highest BCUT2D eigenvalue weighted by Crippen LogP contribution is 2.49. The number of amides is 2. The molecule has 2 amide bonds. The van der Waals surface area contributed by atoms with Crippen molar-refractivity contribution in [3.8, 4) is 29.1 Å². The fourth-order valence-corrected chi connectivity index (χ4v) is 6.46. The molecule has 4 atom stereocenters. The Hall–Kier alpha value is -5.62. The second-order valence-corrected chi connectivity index (χ2v) is 12.4. The Morgan fingerprint density at radius 1 is 0.600 bits per heavy atom. The van der Waals surface area contributed by atoms with Crippen LogP contribution in [0.1, 0.15) is 37.8 Å². The minimum absolute atomic E-state index is 0.275. The molecule has 0 spiro atoms. The number of carbonyl (C=O) groups is 3. The van der Waals surface area contributed by atoms with Crippen molar-refractivity contribution in [3.05, 3.63) is 120 Å². The van der Waals surface area contributed by atoms with Crippen molar-refractivity contribution in [2.75, 3.05) is 20.2 Å². The number of carbonyl (C=O) groups excluding carboxylic acids is 3. The van der Waals surface area contributed by atoms with Crippen LogP contribution < -0.4 is 9.47 Å². The van der Waals surface area contributed by atoms with Crippen LogP contribution in [0.5, 0.6) is 23.0 Å². The first-order chi connectivity index (χ1) is 24.4. The summed E-state index contributed by atoms with van der Waals surface area (Å²) < 4.78 is 16.9. The third-order valence-electron chi connectivity index (χ3n) is 8.90. The highest BCUT2D eigenvalue weighted by Gasteiger charge is 2.62. The molecule has 0 bridgehead atoms. The van der Waals surface area contributed by atoms with Gasteiger partial charge in [0.1, 0.15) is 23.0 Å². The van der Waals surface area contributed by atoms with E-state index in [1.54, 1.807) is 9.80 Å². The van der Waals surface area contributed by atoms with Crippen LogP contribution in [0.2, 0.25) is 0 Å². The Kier molecular flexibility index (Phi) is 12.2. The molecule has 0 unspecified atom stereocenters. The summed E-state index contributed by atoms with van der Waals surface area (Å²) in [5.74, 6) is -2.57. The lowest BCUT2D eigenvalue weighted by Crippen LogP contribution is -2.62. The van der Waals surface area contributed by atoms with E-state index >= 15 is 0 Å². The second-order valence-electron chi connectivity index (χ2n) is 12.4. The molecule has 9 heteroatoms. The van der Waals surface area contributed by atoms with Crippen LogP contribution in [0, 0.1) is 35.0 Å². The Labute approximate surface area is 294 Å². The largest absolute Gasteiger partial charge is 0.469 e. The molecule has 1 fully saturated rings. The maximum atomic E-state index is 14.4. The topological polar surface area (TPSA) is 109 Å². The van der Waals surface area contributed by atoms with Crippen LogP contribution in [0.25, 0.3) is 0 Å². The van der Waals surface area contributed by atoms with Crippen LogP contribution in [0.4, 0.5) is 0 Å². The van der Waals surface area contributed by atoms with E-state index in [2.05, 4.69) is 6.07 Å². The first kappa shape index (κ1) is 35.7. The minimum atomic E-state index is -1.04. The third-order valence-corrected chi connectivity index (χ3v) is 8.90. The van der Waals surface area contributed by atoms with E-state index < -0.39 is 29.6 Å². The molecule has 0 aromatic heterocycles. The van der Waals surface area contributed by atoms with E-state index in [-0.39, 0.29) is 24.9 Å². The Bertz CT molecular complexity index is 1760. The zero-order chi connectivity index (χ0) is 35.5. The van der Waals surface area contributed by atoms with Gasteiger partial charge in [-0.1, -0.05) is 74.5 Å². The maximum absolute atomic E-state index is 14.4. The molecule has 1 saturated carbocycles. The molecule has 9 nitrogen and oxygen atoms in total. The van der Waals surface area contributed by atoms with E-state index in [1.165, 1.54) is 7.11 Å². The van der Waals surface area contributed by atoms with Gasteiger partial charge in [0.05, 0.1) is 36.9 Å². The summed E-state index contributed by atoms with van der Waals surface area (Å²) in [5.41, 5.74) is 1.74. The summed E-state index contributed by atoms with van der Waals surface area (Å²) in [6, 6.07) is 36.1. The lowest BCUT2D eigenvalue weighted by molar-refractivity contribution is -0.176. The Morgan fingerprint density at radius 2 is 1.00 bits per heavy atom. The number of ether oxygens (including phenoxy) is 3. The average molecular weight is 674 g/mol. The number of nitrogens with zero attached hydrogens (tertiary/aromatic N) is 3. The minimum Gasteiger partial charge on any atom is -0.469 e. The molecular formula is C41H43N3O6. The van der Waals surface area contributed by atoms with Gasteiger partial charge in [0.15, 0.2) is 0 Å². The highest BCUT2D eigenvalue weighted by atomic mass is 16.5. The van der Waals surface area contributed by atoms with Gasteiger partial charge in [-0.25, -0.2) is 0 Å². The van der Waals surface area contributed by atoms with E-state index in [4.69, 9.17) is 14.2 Å². The van der Waals surface area contributed by atoms with Crippen LogP contribution >= 0.6 is 0 Å². The zero-order valence-corrected chi connectivity index (χ0v) is 28.7. The van der Waals surface area contributed by atoms with E-state index in [9.17, 15) is 19.6 Å². The quantitative estimate of drug-likeness (QED) is 0.119. The number of para-hydroxylation sites is 2. The lowest BCUT2D eigenvalue weighted by atomic mass is 9.55. The van der Waals surface area contributed by atoms with Crippen LogP contribution in [-0.2, 0) is 32.2 Å². The van der Waals surface area contributed by atoms with Gasteiger partial charge >= 0.3 is 5.97 Å². The van der Waals surface area contributed by atoms with Crippen LogP contribution in [0.15, 0.2) is 109 Å². The van der Waals surface area contributed by atoms with E-state index in [0.29, 0.717) is 37.4 Å². The van der Waals surface area contributed by atoms with Crippen LogP contribution in [0.3, 0.4) is 0 Å². The number of nitriles is 1. The second kappa shape index (κ2) is 17.2. The Balaban J connectivity index is 1.34. The average Bonchev–Trinajstić information content (AvgIpc) is 3.13. The van der Waals surface area contributed by atoms with Gasteiger partial charge in [-0.3, -0.25) is 14.4 Å². The molecule has 0 radical (unpaired) electrons. The summed E-state index contributed by atoms with van der Waals surface area (Å²) in [6.07, 6.45) is 1.35. The monoisotopic (exact) mass is 673 g/mol. The SMILES string of the molecule is CCCN(Cc1ccc(Oc2ccccc2)cc1)C(=O)[C@H]1[C@@H](C(=O)OC)[C@H](C#N)[C@@H]1C(=O)N(CCC)Cc1ccc(Oc2ccccc2)cc1. The van der Waals surface area contributed by atoms with Crippen molar-refractivity contribution >= 4 is 17.8 Å². The summed E-state index contributed by atoms with van der Waals surface area (Å²) in [4.78, 5) is 45.1. The molecule has 4 aromatic carbocycles. The van der Waals surface area contributed by atoms with Crippen LogP contribution in [-0.4, -0.2) is 47.8 Å². The summed E-state index contributed by atoms with van der Waals surface area (Å²) in [7, 11) is 1.24. The van der Waals surface area contributed by atoms with Crippen molar-refractivity contribution in [2.24, 2.45) is 23.7 Å². The first-order valence-corrected chi connectivity index (χ1v) is 17.1. The fourth-order valence-electron chi connectivity index (χ4n) is 6.46. The normalized spacial score (nSPS) is 17.8. The van der Waals surface area contributed by atoms with Gasteiger partial charge in [-0.15, -0.1) is 0 Å². The van der Waals surface area contributed by atoms with Crippen molar-refractivity contribution in [3.63, 3.8) is 0 Å². The zero-order valence-electron chi connectivity index (χ0n) is 28.7. The van der Waals surface area contributed by atoms with Crippen molar-refractivity contribution in [2.45, 2.75) is 39.8 Å². The predicted molar refractivity (Wildman–Crippen MR) is 189 cm³/mol. The summed E-state index contributed by atoms with van der Waals surface area (Å²) in [5, 5.41) is 10.2. The van der Waals surface area contributed by atoms with Crippen molar-refractivity contribution in [1.29, 1.82) is 5.26 Å². The number of hydrogen-bond acceptors (Lipinski definition) is 7. The predicted octanol–water partition coefficient (Wildman–Crippen LogP) is 7.62. The molecule has 5 rings (SSSR count). The van der Waals surface area contributed by atoms with E-state index in [1.807, 2.05) is 123 Å². The number of benzene rings is 4. The Morgan fingerprint density at radius 3 is 1.38 bits per heavy atom. The molecule has 50 heavy (non-hydrogen) atoms. The van der Waals surface area contributed by atoms with Gasteiger partial charge in [-0.2, -0.15) is 5.26 Å². The molecule has 0 heterocycles. The highest BCUT2D eigenvalue weighted by molar-refractivity contribution is 5.95. The molecule has 4 aromatic rings. The van der Waals surface area contributed by atoms with Gasteiger partial charge in [-0.05, 0) is 72.5 Å².